The van der Waals surface area contributed by atoms with E-state index in [0.717, 1.165) is 69.1 Å². The Balaban J connectivity index is 1.54. The minimum absolute atomic E-state index is 0.0127. The number of fused-ring (bicyclic) bond motifs is 1. The van der Waals surface area contributed by atoms with Gasteiger partial charge in [0.2, 0.25) is 6.79 Å². The highest BCUT2D eigenvalue weighted by Gasteiger charge is 2.35. The third-order valence-corrected chi connectivity index (χ3v) is 5.57. The van der Waals surface area contributed by atoms with Crippen LogP contribution in [-0.2, 0) is 10.2 Å². The predicted octanol–water partition coefficient (Wildman–Crippen LogP) is 2.43. The van der Waals surface area contributed by atoms with Crippen LogP contribution < -0.4 is 20.1 Å². The van der Waals surface area contributed by atoms with Gasteiger partial charge in [-0.05, 0) is 56.2 Å². The molecule has 1 aromatic carbocycles. The summed E-state index contributed by atoms with van der Waals surface area (Å²) in [6, 6.07) is 6.32. The molecule has 0 atom stereocenters. The lowest BCUT2D eigenvalue weighted by Gasteiger charge is -2.36. The number of hydrogen-bond donors (Lipinski definition) is 2. The minimum atomic E-state index is -0.0127. The lowest BCUT2D eigenvalue weighted by atomic mass is 9.74. The van der Waals surface area contributed by atoms with Gasteiger partial charge >= 0.3 is 0 Å². The van der Waals surface area contributed by atoms with Crippen molar-refractivity contribution in [2.75, 3.05) is 39.6 Å². The zero-order valence-corrected chi connectivity index (χ0v) is 15.6. The molecule has 6 nitrogen and oxygen atoms in total. The molecule has 6 heteroatoms. The summed E-state index contributed by atoms with van der Waals surface area (Å²) >= 11 is 0. The van der Waals surface area contributed by atoms with Gasteiger partial charge in [0.1, 0.15) is 0 Å². The van der Waals surface area contributed by atoms with Gasteiger partial charge < -0.3 is 24.8 Å². The number of benzene rings is 1. The van der Waals surface area contributed by atoms with Gasteiger partial charge in [0.25, 0.3) is 0 Å². The van der Waals surface area contributed by atoms with Crippen LogP contribution in [0.15, 0.2) is 23.2 Å². The molecule has 2 N–H and O–H groups in total. The molecular weight excluding hydrogens is 330 g/mol. The van der Waals surface area contributed by atoms with Crippen molar-refractivity contribution in [2.24, 2.45) is 10.9 Å². The molecule has 1 saturated heterocycles. The van der Waals surface area contributed by atoms with Gasteiger partial charge in [0.05, 0.1) is 6.54 Å². The Labute approximate surface area is 155 Å². The SMILES string of the molecule is CCNC(=NCC1(c2ccc3c(c2)OCO3)CCOCC1)NCC1CC1. The first-order valence-corrected chi connectivity index (χ1v) is 9.79. The third-order valence-electron chi connectivity index (χ3n) is 5.57. The Bertz CT molecular complexity index is 652. The van der Waals surface area contributed by atoms with E-state index in [0.29, 0.717) is 6.79 Å². The van der Waals surface area contributed by atoms with Gasteiger partial charge in [-0.15, -0.1) is 0 Å². The summed E-state index contributed by atoms with van der Waals surface area (Å²) in [5.74, 6) is 3.42. The Morgan fingerprint density at radius 3 is 2.73 bits per heavy atom. The molecule has 0 spiro atoms. The zero-order valence-electron chi connectivity index (χ0n) is 15.6. The number of aliphatic imine (C=N–C) groups is 1. The van der Waals surface area contributed by atoms with Crippen molar-refractivity contribution in [3.8, 4) is 11.5 Å². The lowest BCUT2D eigenvalue weighted by molar-refractivity contribution is 0.0530. The third kappa shape index (κ3) is 3.90. The molecule has 0 unspecified atom stereocenters. The first kappa shape index (κ1) is 17.5. The summed E-state index contributed by atoms with van der Waals surface area (Å²) in [7, 11) is 0. The van der Waals surface area contributed by atoms with Crippen molar-refractivity contribution in [1.82, 2.24) is 10.6 Å². The van der Waals surface area contributed by atoms with Crippen molar-refractivity contribution >= 4 is 5.96 Å². The fourth-order valence-electron chi connectivity index (χ4n) is 3.66. The second kappa shape index (κ2) is 7.74. The monoisotopic (exact) mass is 359 g/mol. The molecule has 1 saturated carbocycles. The molecule has 1 aliphatic carbocycles. The highest BCUT2D eigenvalue weighted by atomic mass is 16.7. The van der Waals surface area contributed by atoms with E-state index >= 15 is 0 Å². The van der Waals surface area contributed by atoms with Crippen LogP contribution in [-0.4, -0.2) is 45.6 Å². The Hall–Kier alpha value is -1.95. The largest absolute Gasteiger partial charge is 0.454 e. The maximum atomic E-state index is 5.64. The second-order valence-corrected chi connectivity index (χ2v) is 7.48. The summed E-state index contributed by atoms with van der Waals surface area (Å²) in [4.78, 5) is 4.95. The van der Waals surface area contributed by atoms with E-state index in [-0.39, 0.29) is 5.41 Å². The van der Waals surface area contributed by atoms with Crippen LogP contribution in [0, 0.1) is 5.92 Å². The highest BCUT2D eigenvalue weighted by Crippen LogP contribution is 2.41. The Morgan fingerprint density at radius 2 is 1.96 bits per heavy atom. The molecule has 2 fully saturated rings. The van der Waals surface area contributed by atoms with Crippen LogP contribution in [0.4, 0.5) is 0 Å². The standard InChI is InChI=1S/C20H29N3O3/c1-2-21-19(22-12-15-3-4-15)23-13-20(7-9-24-10-8-20)16-5-6-17-18(11-16)26-14-25-17/h5-6,11,15H,2-4,7-10,12-14H2,1H3,(H2,21,22,23). The van der Waals surface area contributed by atoms with E-state index in [4.69, 9.17) is 19.2 Å². The molecule has 0 aromatic heterocycles. The minimum Gasteiger partial charge on any atom is -0.454 e. The van der Waals surface area contributed by atoms with Gasteiger partial charge in [0.15, 0.2) is 17.5 Å². The molecule has 2 aliphatic heterocycles. The smallest absolute Gasteiger partial charge is 0.231 e. The molecule has 0 radical (unpaired) electrons. The summed E-state index contributed by atoms with van der Waals surface area (Å²) < 4.78 is 16.7. The van der Waals surface area contributed by atoms with E-state index in [1.54, 1.807) is 0 Å². The molecule has 1 aromatic rings. The summed E-state index contributed by atoms with van der Waals surface area (Å²) in [5.41, 5.74) is 1.26. The van der Waals surface area contributed by atoms with Crippen LogP contribution in [0.3, 0.4) is 0 Å². The topological polar surface area (TPSA) is 64.1 Å². The van der Waals surface area contributed by atoms with Crippen molar-refractivity contribution < 1.29 is 14.2 Å². The Kier molecular flexibility index (Phi) is 5.20. The van der Waals surface area contributed by atoms with Crippen LogP contribution in [0.1, 0.15) is 38.2 Å². The quantitative estimate of drug-likeness (QED) is 0.603. The van der Waals surface area contributed by atoms with Gasteiger partial charge in [0, 0.05) is 31.7 Å². The number of hydrogen-bond acceptors (Lipinski definition) is 4. The number of rotatable bonds is 6. The van der Waals surface area contributed by atoms with Crippen molar-refractivity contribution in [3.05, 3.63) is 23.8 Å². The summed E-state index contributed by atoms with van der Waals surface area (Å²) in [6.07, 6.45) is 4.62. The average Bonchev–Trinajstić information content (AvgIpc) is 3.39. The lowest BCUT2D eigenvalue weighted by Crippen LogP contribution is -2.41. The molecule has 2 heterocycles. The average molecular weight is 359 g/mol. The number of ether oxygens (including phenoxy) is 3. The molecule has 142 valence electrons. The fourth-order valence-corrected chi connectivity index (χ4v) is 3.66. The van der Waals surface area contributed by atoms with E-state index in [2.05, 4.69) is 29.7 Å². The normalized spacial score (nSPS) is 21.5. The highest BCUT2D eigenvalue weighted by molar-refractivity contribution is 5.79. The molecule has 0 bridgehead atoms. The van der Waals surface area contributed by atoms with Gasteiger partial charge in [-0.3, -0.25) is 4.99 Å². The molecule has 4 rings (SSSR count). The molecule has 3 aliphatic rings. The van der Waals surface area contributed by atoms with E-state index in [9.17, 15) is 0 Å². The van der Waals surface area contributed by atoms with Crippen molar-refractivity contribution in [3.63, 3.8) is 0 Å². The van der Waals surface area contributed by atoms with Crippen molar-refractivity contribution in [2.45, 2.75) is 38.0 Å². The molecule has 0 amide bonds. The van der Waals surface area contributed by atoms with Crippen molar-refractivity contribution in [1.29, 1.82) is 0 Å². The van der Waals surface area contributed by atoms with Gasteiger partial charge in [-0.2, -0.15) is 0 Å². The maximum Gasteiger partial charge on any atom is 0.231 e. The van der Waals surface area contributed by atoms with E-state index in [1.165, 1.54) is 18.4 Å². The van der Waals surface area contributed by atoms with E-state index < -0.39 is 0 Å². The maximum absolute atomic E-state index is 5.64. The van der Waals surface area contributed by atoms with Crippen LogP contribution in [0.5, 0.6) is 11.5 Å². The second-order valence-electron chi connectivity index (χ2n) is 7.48. The number of nitrogens with one attached hydrogen (secondary N) is 2. The number of guanidine groups is 1. The number of nitrogens with zero attached hydrogens (tertiary/aromatic N) is 1. The first-order chi connectivity index (χ1) is 12.8. The Morgan fingerprint density at radius 1 is 1.15 bits per heavy atom. The van der Waals surface area contributed by atoms with Crippen LogP contribution in [0.25, 0.3) is 0 Å². The summed E-state index contributed by atoms with van der Waals surface area (Å²) in [6.45, 7) is 6.60. The van der Waals surface area contributed by atoms with Gasteiger partial charge in [-0.1, -0.05) is 6.07 Å². The predicted molar refractivity (Wildman–Crippen MR) is 101 cm³/mol. The van der Waals surface area contributed by atoms with E-state index in [1.807, 2.05) is 6.07 Å². The van der Waals surface area contributed by atoms with Crippen LogP contribution in [0.2, 0.25) is 0 Å². The fraction of sp³-hybridized carbons (Fsp3) is 0.650. The zero-order chi connectivity index (χ0) is 17.8. The molecule has 26 heavy (non-hydrogen) atoms. The van der Waals surface area contributed by atoms with Crippen LogP contribution >= 0.6 is 0 Å². The van der Waals surface area contributed by atoms with Gasteiger partial charge in [-0.25, -0.2) is 0 Å². The summed E-state index contributed by atoms with van der Waals surface area (Å²) in [5, 5.41) is 6.87. The first-order valence-electron chi connectivity index (χ1n) is 9.79. The molecular formula is C20H29N3O3.